The van der Waals surface area contributed by atoms with E-state index in [2.05, 4.69) is 174 Å². The molecule has 8 aromatic carbocycles. The monoisotopic (exact) mass is 616 g/mol. The Hall–Kier alpha value is -5.90. The SMILES string of the molecule is c1ccc2cc(N(c3ccc4ccccc4c3)c3ccc4sc5cccc(-c6cccc7c6[nH]c6ccccc67)c5c4c3)ccc2c1. The van der Waals surface area contributed by atoms with Gasteiger partial charge in [0.2, 0.25) is 0 Å². The second-order valence-corrected chi connectivity index (χ2v) is 13.3. The van der Waals surface area contributed by atoms with Crippen LogP contribution in [0.1, 0.15) is 0 Å². The number of nitrogens with one attached hydrogen (secondary N) is 1. The van der Waals surface area contributed by atoms with Gasteiger partial charge in [0.15, 0.2) is 0 Å². The molecule has 3 heteroatoms. The van der Waals surface area contributed by atoms with E-state index in [0.29, 0.717) is 0 Å². The van der Waals surface area contributed by atoms with Crippen LogP contribution in [0.4, 0.5) is 17.1 Å². The fraction of sp³-hybridized carbons (Fsp3) is 0. The molecule has 0 aliphatic rings. The van der Waals surface area contributed by atoms with Crippen LogP contribution in [0, 0.1) is 0 Å². The van der Waals surface area contributed by atoms with Crippen molar-refractivity contribution in [3.05, 3.63) is 164 Å². The van der Waals surface area contributed by atoms with Gasteiger partial charge in [-0.05, 0) is 81.7 Å². The van der Waals surface area contributed by atoms with E-state index in [4.69, 9.17) is 0 Å². The van der Waals surface area contributed by atoms with Gasteiger partial charge in [0.25, 0.3) is 0 Å². The number of aromatic amines is 1. The highest BCUT2D eigenvalue weighted by molar-refractivity contribution is 7.26. The summed E-state index contributed by atoms with van der Waals surface area (Å²) >= 11 is 1.87. The van der Waals surface area contributed by atoms with Crippen LogP contribution in [-0.2, 0) is 0 Å². The molecule has 2 aromatic heterocycles. The summed E-state index contributed by atoms with van der Waals surface area (Å²) in [5.74, 6) is 0. The van der Waals surface area contributed by atoms with Crippen LogP contribution in [0.2, 0.25) is 0 Å². The maximum absolute atomic E-state index is 3.75. The van der Waals surface area contributed by atoms with E-state index in [1.54, 1.807) is 0 Å². The van der Waals surface area contributed by atoms with Crippen molar-refractivity contribution in [2.24, 2.45) is 0 Å². The number of aromatic nitrogens is 1. The number of thiophene rings is 1. The van der Waals surface area contributed by atoms with Gasteiger partial charge in [-0.15, -0.1) is 11.3 Å². The van der Waals surface area contributed by atoms with Crippen LogP contribution in [0.3, 0.4) is 0 Å². The molecule has 10 aromatic rings. The number of anilines is 3. The highest BCUT2D eigenvalue weighted by Gasteiger charge is 2.19. The molecular formula is C44H28N2S. The van der Waals surface area contributed by atoms with Gasteiger partial charge in [0.05, 0.1) is 5.52 Å². The molecular weight excluding hydrogens is 589 g/mol. The van der Waals surface area contributed by atoms with Gasteiger partial charge < -0.3 is 9.88 Å². The topological polar surface area (TPSA) is 19.0 Å². The molecule has 0 saturated carbocycles. The number of hydrogen-bond donors (Lipinski definition) is 1. The predicted octanol–water partition coefficient (Wildman–Crippen LogP) is 13.1. The van der Waals surface area contributed by atoms with Crippen molar-refractivity contribution < 1.29 is 0 Å². The summed E-state index contributed by atoms with van der Waals surface area (Å²) in [6.07, 6.45) is 0. The third-order valence-electron chi connectivity index (χ3n) is 9.55. The normalized spacial score (nSPS) is 11.8. The summed E-state index contributed by atoms with van der Waals surface area (Å²) in [6.45, 7) is 0. The molecule has 2 nitrogen and oxygen atoms in total. The molecule has 0 spiro atoms. The Balaban J connectivity index is 1.22. The summed E-state index contributed by atoms with van der Waals surface area (Å²) in [7, 11) is 0. The first kappa shape index (κ1) is 26.3. The van der Waals surface area contributed by atoms with Crippen molar-refractivity contribution >= 4 is 91.9 Å². The second kappa shape index (κ2) is 10.3. The second-order valence-electron chi connectivity index (χ2n) is 12.3. The number of benzene rings is 8. The van der Waals surface area contributed by atoms with Crippen LogP contribution in [0.15, 0.2) is 164 Å². The maximum atomic E-state index is 3.75. The van der Waals surface area contributed by atoms with E-state index in [1.165, 1.54) is 74.6 Å². The number of para-hydroxylation sites is 2. The average molecular weight is 617 g/mol. The molecule has 2 heterocycles. The zero-order valence-electron chi connectivity index (χ0n) is 25.4. The summed E-state index contributed by atoms with van der Waals surface area (Å²) in [6, 6.07) is 59.8. The molecule has 0 aliphatic heterocycles. The third kappa shape index (κ3) is 4.17. The van der Waals surface area contributed by atoms with Crippen molar-refractivity contribution in [2.45, 2.75) is 0 Å². The lowest BCUT2D eigenvalue weighted by atomic mass is 9.97. The van der Waals surface area contributed by atoms with Crippen molar-refractivity contribution in [1.82, 2.24) is 4.98 Å². The van der Waals surface area contributed by atoms with Crippen molar-refractivity contribution in [2.75, 3.05) is 4.90 Å². The molecule has 1 N–H and O–H groups in total. The van der Waals surface area contributed by atoms with Gasteiger partial charge in [-0.3, -0.25) is 0 Å². The lowest BCUT2D eigenvalue weighted by Gasteiger charge is -2.26. The molecule has 0 unspecified atom stereocenters. The summed E-state index contributed by atoms with van der Waals surface area (Å²) in [5, 5.41) is 10.0. The van der Waals surface area contributed by atoms with Gasteiger partial charge in [-0.1, -0.05) is 109 Å². The van der Waals surface area contributed by atoms with Gasteiger partial charge >= 0.3 is 0 Å². The number of rotatable bonds is 4. The molecule has 0 radical (unpaired) electrons. The molecule has 0 saturated heterocycles. The van der Waals surface area contributed by atoms with Gasteiger partial charge in [0, 0.05) is 59.1 Å². The van der Waals surface area contributed by atoms with Gasteiger partial charge in [-0.25, -0.2) is 0 Å². The number of fused-ring (bicyclic) bond motifs is 8. The molecule has 220 valence electrons. The maximum Gasteiger partial charge on any atom is 0.0544 e. The fourth-order valence-electron chi connectivity index (χ4n) is 7.35. The molecule has 0 amide bonds. The Labute approximate surface area is 275 Å². The first-order valence-electron chi connectivity index (χ1n) is 16.0. The van der Waals surface area contributed by atoms with E-state index >= 15 is 0 Å². The first-order valence-corrected chi connectivity index (χ1v) is 16.8. The summed E-state index contributed by atoms with van der Waals surface area (Å²) in [5.41, 5.74) is 8.26. The Morgan fingerprint density at radius 3 is 1.77 bits per heavy atom. The lowest BCUT2D eigenvalue weighted by molar-refractivity contribution is 1.30. The molecule has 47 heavy (non-hydrogen) atoms. The Kier molecular flexibility index (Phi) is 5.78. The van der Waals surface area contributed by atoms with Crippen LogP contribution in [-0.4, -0.2) is 4.98 Å². The number of hydrogen-bond acceptors (Lipinski definition) is 2. The van der Waals surface area contributed by atoms with Crippen molar-refractivity contribution in [3.8, 4) is 11.1 Å². The number of nitrogens with zero attached hydrogens (tertiary/aromatic N) is 1. The zero-order chi connectivity index (χ0) is 30.9. The summed E-state index contributed by atoms with van der Waals surface area (Å²) < 4.78 is 2.59. The predicted molar refractivity (Wildman–Crippen MR) is 204 cm³/mol. The minimum absolute atomic E-state index is 1.14. The van der Waals surface area contributed by atoms with Crippen molar-refractivity contribution in [1.29, 1.82) is 0 Å². The molecule has 0 aliphatic carbocycles. The number of H-pyrrole nitrogens is 1. The minimum Gasteiger partial charge on any atom is -0.354 e. The third-order valence-corrected chi connectivity index (χ3v) is 10.7. The van der Waals surface area contributed by atoms with E-state index in [0.717, 1.165) is 17.1 Å². The molecule has 0 fully saturated rings. The lowest BCUT2D eigenvalue weighted by Crippen LogP contribution is -2.09. The van der Waals surface area contributed by atoms with E-state index in [1.807, 2.05) is 11.3 Å². The smallest absolute Gasteiger partial charge is 0.0544 e. The Morgan fingerprint density at radius 2 is 1.00 bits per heavy atom. The minimum atomic E-state index is 1.14. The van der Waals surface area contributed by atoms with Crippen LogP contribution in [0.25, 0.3) is 74.6 Å². The van der Waals surface area contributed by atoms with E-state index < -0.39 is 0 Å². The van der Waals surface area contributed by atoms with E-state index in [9.17, 15) is 0 Å². The Bertz CT molecular complexity index is 2740. The summed E-state index contributed by atoms with van der Waals surface area (Å²) in [4.78, 5) is 6.15. The highest BCUT2D eigenvalue weighted by atomic mass is 32.1. The van der Waals surface area contributed by atoms with Crippen LogP contribution < -0.4 is 4.90 Å². The fourth-order valence-corrected chi connectivity index (χ4v) is 8.47. The largest absolute Gasteiger partial charge is 0.354 e. The average Bonchev–Trinajstić information content (AvgIpc) is 3.70. The molecule has 10 rings (SSSR count). The van der Waals surface area contributed by atoms with E-state index in [-0.39, 0.29) is 0 Å². The van der Waals surface area contributed by atoms with Gasteiger partial charge in [-0.2, -0.15) is 0 Å². The molecule has 0 bridgehead atoms. The Morgan fingerprint density at radius 1 is 0.404 bits per heavy atom. The van der Waals surface area contributed by atoms with Crippen LogP contribution in [0.5, 0.6) is 0 Å². The molecule has 0 atom stereocenters. The quantitative estimate of drug-likeness (QED) is 0.208. The first-order chi connectivity index (χ1) is 23.3. The highest BCUT2D eigenvalue weighted by Crippen LogP contribution is 2.45. The van der Waals surface area contributed by atoms with Gasteiger partial charge in [0.1, 0.15) is 0 Å². The zero-order valence-corrected chi connectivity index (χ0v) is 26.3. The van der Waals surface area contributed by atoms with Crippen molar-refractivity contribution in [3.63, 3.8) is 0 Å². The van der Waals surface area contributed by atoms with Crippen LogP contribution >= 0.6 is 11.3 Å². The standard InChI is InChI=1S/C44H28N2S/c1-3-11-30-25-32(21-19-28(30)9-1)46(33-22-20-29-10-2-4-12-31(29)26-33)34-23-24-41-39(27-34)43-36(14-8-18-42(43)47-41)38-16-7-15-37-35-13-5-6-17-40(35)45-44(37)38/h1-27,45H.